The summed E-state index contributed by atoms with van der Waals surface area (Å²) in [5, 5.41) is 14.3. The molecule has 2 N–H and O–H groups in total. The van der Waals surface area contributed by atoms with E-state index < -0.39 is 12.1 Å². The molecule has 1 aromatic carbocycles. The number of ether oxygens (including phenoxy) is 1. The third-order valence-corrected chi connectivity index (χ3v) is 6.85. The molecule has 2 heterocycles. The quantitative estimate of drug-likeness (QED) is 0.664. The molecule has 172 valence electrons. The fourth-order valence-corrected chi connectivity index (χ4v) is 5.10. The smallest absolute Gasteiger partial charge is 0.220 e. The number of methoxy groups -OCH3 is 1. The number of pyridine rings is 1. The highest BCUT2D eigenvalue weighted by Gasteiger charge is 2.34. The van der Waals surface area contributed by atoms with E-state index >= 15 is 0 Å². The molecule has 6 heteroatoms. The van der Waals surface area contributed by atoms with Crippen molar-refractivity contribution >= 4 is 5.91 Å². The second-order valence-corrected chi connectivity index (χ2v) is 10.1. The van der Waals surface area contributed by atoms with Crippen LogP contribution in [0.25, 0.3) is 0 Å². The molecule has 1 amide bonds. The van der Waals surface area contributed by atoms with Crippen LogP contribution in [-0.4, -0.2) is 53.7 Å². The maximum atomic E-state index is 13.0. The van der Waals surface area contributed by atoms with Gasteiger partial charge < -0.3 is 20.1 Å². The van der Waals surface area contributed by atoms with E-state index in [1.165, 1.54) is 11.1 Å². The minimum Gasteiger partial charge on any atom is -0.495 e. The van der Waals surface area contributed by atoms with Crippen LogP contribution >= 0.6 is 0 Å². The van der Waals surface area contributed by atoms with E-state index in [0.717, 1.165) is 32.4 Å². The molecule has 1 aromatic heterocycles. The molecule has 4 rings (SSSR count). The third kappa shape index (κ3) is 5.48. The van der Waals surface area contributed by atoms with Gasteiger partial charge in [-0.2, -0.15) is 0 Å². The lowest BCUT2D eigenvalue weighted by atomic mass is 9.93. The highest BCUT2D eigenvalue weighted by molar-refractivity contribution is 5.77. The number of aromatic nitrogens is 1. The molecule has 1 fully saturated rings. The van der Waals surface area contributed by atoms with Gasteiger partial charge in [0, 0.05) is 19.5 Å². The molecule has 2 aromatic rings. The van der Waals surface area contributed by atoms with Gasteiger partial charge in [0.05, 0.1) is 25.0 Å². The number of amides is 1. The van der Waals surface area contributed by atoms with E-state index in [9.17, 15) is 9.90 Å². The number of rotatable bonds is 8. The van der Waals surface area contributed by atoms with Crippen LogP contribution in [0.4, 0.5) is 0 Å². The van der Waals surface area contributed by atoms with Gasteiger partial charge in [0.1, 0.15) is 11.9 Å². The van der Waals surface area contributed by atoms with Crippen molar-refractivity contribution in [1.29, 1.82) is 0 Å². The summed E-state index contributed by atoms with van der Waals surface area (Å²) < 4.78 is 5.18. The SMILES string of the molecule is COc1ccc(C(O)C(CN2CCC(C)(C)C2)NC(=O)CC2Cc3ccccc3C2)nc1. The second-order valence-electron chi connectivity index (χ2n) is 10.1. The maximum Gasteiger partial charge on any atom is 0.220 e. The Morgan fingerprint density at radius 3 is 2.53 bits per heavy atom. The Kier molecular flexibility index (Phi) is 6.82. The molecular weight excluding hydrogens is 402 g/mol. The number of aliphatic hydroxyl groups excluding tert-OH is 1. The number of aliphatic hydroxyl groups is 1. The molecule has 0 spiro atoms. The van der Waals surface area contributed by atoms with Gasteiger partial charge in [0.2, 0.25) is 5.91 Å². The molecule has 2 aliphatic rings. The first kappa shape index (κ1) is 22.7. The van der Waals surface area contributed by atoms with Gasteiger partial charge in [-0.25, -0.2) is 0 Å². The molecule has 2 atom stereocenters. The van der Waals surface area contributed by atoms with Crippen LogP contribution in [-0.2, 0) is 17.6 Å². The van der Waals surface area contributed by atoms with Gasteiger partial charge in [0.15, 0.2) is 0 Å². The predicted octanol–water partition coefficient (Wildman–Crippen LogP) is 3.15. The van der Waals surface area contributed by atoms with Crippen LogP contribution in [0.2, 0.25) is 0 Å². The Bertz CT molecular complexity index is 903. The Labute approximate surface area is 191 Å². The van der Waals surface area contributed by atoms with Crippen LogP contribution in [0.3, 0.4) is 0 Å². The molecule has 1 aliphatic carbocycles. The van der Waals surface area contributed by atoms with Gasteiger partial charge in [-0.3, -0.25) is 9.78 Å². The van der Waals surface area contributed by atoms with E-state index in [4.69, 9.17) is 4.74 Å². The Balaban J connectivity index is 1.42. The van der Waals surface area contributed by atoms with E-state index in [1.54, 1.807) is 25.4 Å². The molecule has 0 radical (unpaired) electrons. The summed E-state index contributed by atoms with van der Waals surface area (Å²) in [5.41, 5.74) is 3.50. The average molecular weight is 438 g/mol. The fourth-order valence-electron chi connectivity index (χ4n) is 5.10. The summed E-state index contributed by atoms with van der Waals surface area (Å²) in [7, 11) is 1.59. The van der Waals surface area contributed by atoms with E-state index in [0.29, 0.717) is 30.3 Å². The first-order valence-electron chi connectivity index (χ1n) is 11.6. The van der Waals surface area contributed by atoms with Crippen LogP contribution in [0.15, 0.2) is 42.6 Å². The molecule has 1 saturated heterocycles. The molecule has 2 unspecified atom stereocenters. The lowest BCUT2D eigenvalue weighted by Gasteiger charge is -2.29. The number of hydrogen-bond acceptors (Lipinski definition) is 5. The van der Waals surface area contributed by atoms with Gasteiger partial charge in [-0.15, -0.1) is 0 Å². The molecule has 6 nitrogen and oxygen atoms in total. The highest BCUT2D eigenvalue weighted by Crippen LogP contribution is 2.31. The number of likely N-dealkylation sites (tertiary alicyclic amines) is 1. The van der Waals surface area contributed by atoms with Crippen molar-refractivity contribution in [1.82, 2.24) is 15.2 Å². The normalized spacial score (nSPS) is 20.0. The lowest BCUT2D eigenvalue weighted by molar-refractivity contribution is -0.123. The van der Waals surface area contributed by atoms with Gasteiger partial charge in [-0.05, 0) is 60.4 Å². The van der Waals surface area contributed by atoms with E-state index in [1.807, 2.05) is 0 Å². The Morgan fingerprint density at radius 1 is 1.25 bits per heavy atom. The van der Waals surface area contributed by atoms with E-state index in [2.05, 4.69) is 53.3 Å². The number of benzene rings is 1. The summed E-state index contributed by atoms with van der Waals surface area (Å²) in [5.74, 6) is 0.956. The first-order valence-corrected chi connectivity index (χ1v) is 11.6. The van der Waals surface area contributed by atoms with E-state index in [-0.39, 0.29) is 11.3 Å². The van der Waals surface area contributed by atoms with Crippen LogP contribution in [0.1, 0.15) is 49.6 Å². The zero-order chi connectivity index (χ0) is 22.7. The Hall–Kier alpha value is -2.44. The fraction of sp³-hybridized carbons (Fsp3) is 0.538. The predicted molar refractivity (Wildman–Crippen MR) is 124 cm³/mol. The lowest BCUT2D eigenvalue weighted by Crippen LogP contribution is -2.47. The highest BCUT2D eigenvalue weighted by atomic mass is 16.5. The molecule has 0 saturated carbocycles. The third-order valence-electron chi connectivity index (χ3n) is 6.85. The zero-order valence-electron chi connectivity index (χ0n) is 19.4. The van der Waals surface area contributed by atoms with Crippen molar-refractivity contribution in [2.45, 2.75) is 51.7 Å². The minimum atomic E-state index is -0.880. The molecular formula is C26H35N3O3. The number of carbonyl (C=O) groups excluding carboxylic acids is 1. The van der Waals surface area contributed by atoms with Crippen molar-refractivity contribution in [2.75, 3.05) is 26.7 Å². The monoisotopic (exact) mass is 437 g/mol. The van der Waals surface area contributed by atoms with Crippen LogP contribution in [0.5, 0.6) is 5.75 Å². The van der Waals surface area contributed by atoms with Gasteiger partial charge >= 0.3 is 0 Å². The number of fused-ring (bicyclic) bond motifs is 1. The van der Waals surface area contributed by atoms with Crippen molar-refractivity contribution in [3.63, 3.8) is 0 Å². The zero-order valence-corrected chi connectivity index (χ0v) is 19.4. The largest absolute Gasteiger partial charge is 0.495 e. The number of nitrogens with zero attached hydrogens (tertiary/aromatic N) is 2. The minimum absolute atomic E-state index is 0.00109. The first-order chi connectivity index (χ1) is 15.3. The van der Waals surface area contributed by atoms with Crippen LogP contribution < -0.4 is 10.1 Å². The second kappa shape index (κ2) is 9.59. The molecule has 0 bridgehead atoms. The number of carbonyl (C=O) groups is 1. The molecule has 1 aliphatic heterocycles. The summed E-state index contributed by atoms with van der Waals surface area (Å²) >= 11 is 0. The van der Waals surface area contributed by atoms with Gasteiger partial charge in [-0.1, -0.05) is 38.1 Å². The maximum absolute atomic E-state index is 13.0. The summed E-state index contributed by atoms with van der Waals surface area (Å²) in [6, 6.07) is 11.6. The molecule has 32 heavy (non-hydrogen) atoms. The van der Waals surface area contributed by atoms with Crippen molar-refractivity contribution < 1.29 is 14.6 Å². The van der Waals surface area contributed by atoms with Crippen molar-refractivity contribution in [3.8, 4) is 5.75 Å². The van der Waals surface area contributed by atoms with Crippen LogP contribution in [0, 0.1) is 11.3 Å². The summed E-state index contributed by atoms with van der Waals surface area (Å²) in [4.78, 5) is 19.7. The van der Waals surface area contributed by atoms with Gasteiger partial charge in [0.25, 0.3) is 0 Å². The van der Waals surface area contributed by atoms with Crippen molar-refractivity contribution in [2.24, 2.45) is 11.3 Å². The topological polar surface area (TPSA) is 74.7 Å². The number of nitrogens with one attached hydrogen (secondary N) is 1. The average Bonchev–Trinajstić information content (AvgIpc) is 3.34. The summed E-state index contributed by atoms with van der Waals surface area (Å²) in [6.07, 6.45) is 4.19. The Morgan fingerprint density at radius 2 is 1.97 bits per heavy atom. The number of hydrogen-bond donors (Lipinski definition) is 2. The summed E-state index contributed by atoms with van der Waals surface area (Å²) in [6.45, 7) is 7.06. The standard InChI is InChI=1S/C26H35N3O3/c1-26(2)10-11-29(17-26)16-23(25(31)22-9-8-21(32-3)15-27-22)28-24(30)14-18-12-19-6-4-5-7-20(19)13-18/h4-9,15,18,23,25,31H,10-14,16-17H2,1-3H3,(H,28,30). The van der Waals surface area contributed by atoms with Crippen molar-refractivity contribution in [3.05, 3.63) is 59.4 Å².